The maximum absolute atomic E-state index is 8.91. The Balaban J connectivity index is 2.42. The van der Waals surface area contributed by atoms with Gasteiger partial charge in [0.2, 0.25) is 0 Å². The Morgan fingerprint density at radius 2 is 1.81 bits per heavy atom. The summed E-state index contributed by atoms with van der Waals surface area (Å²) in [4.78, 5) is 0. The van der Waals surface area contributed by atoms with E-state index in [2.05, 4.69) is 32.9 Å². The van der Waals surface area contributed by atoms with Gasteiger partial charge < -0.3 is 4.74 Å². The van der Waals surface area contributed by atoms with Crippen molar-refractivity contribution in [1.82, 2.24) is 0 Å². The van der Waals surface area contributed by atoms with E-state index in [0.29, 0.717) is 16.3 Å². The predicted molar refractivity (Wildman–Crippen MR) is 86.1 cm³/mol. The molecule has 0 spiro atoms. The molecule has 21 heavy (non-hydrogen) atoms. The van der Waals surface area contributed by atoms with Gasteiger partial charge in [0.15, 0.2) is 0 Å². The second kappa shape index (κ2) is 5.79. The van der Waals surface area contributed by atoms with E-state index in [4.69, 9.17) is 21.6 Å². The molecule has 0 heterocycles. The van der Waals surface area contributed by atoms with Crippen LogP contribution in [0, 0.1) is 18.3 Å². The summed E-state index contributed by atoms with van der Waals surface area (Å²) in [6.45, 7) is 8.48. The van der Waals surface area contributed by atoms with E-state index in [1.54, 1.807) is 18.2 Å². The van der Waals surface area contributed by atoms with Gasteiger partial charge in [0.25, 0.3) is 0 Å². The average Bonchev–Trinajstić information content (AvgIpc) is 2.37. The lowest BCUT2D eigenvalue weighted by atomic mass is 9.86. The summed E-state index contributed by atoms with van der Waals surface area (Å²) in [5, 5.41) is 9.31. The van der Waals surface area contributed by atoms with E-state index in [1.165, 1.54) is 0 Å². The molecule has 0 atom stereocenters. The fraction of sp³-hybridized carbons (Fsp3) is 0.278. The van der Waals surface area contributed by atoms with E-state index in [0.717, 1.165) is 16.9 Å². The third-order valence-corrected chi connectivity index (χ3v) is 3.55. The first-order valence-corrected chi connectivity index (χ1v) is 7.17. The molecule has 0 aliphatic rings. The van der Waals surface area contributed by atoms with E-state index >= 15 is 0 Å². The summed E-state index contributed by atoms with van der Waals surface area (Å²) in [7, 11) is 0. The first-order chi connectivity index (χ1) is 9.81. The summed E-state index contributed by atoms with van der Waals surface area (Å²) < 4.78 is 6.00. The summed E-state index contributed by atoms with van der Waals surface area (Å²) in [5.41, 5.74) is 2.70. The zero-order valence-electron chi connectivity index (χ0n) is 12.7. The predicted octanol–water partition coefficient (Wildman–Crippen LogP) is 5.61. The normalized spacial score (nSPS) is 11.0. The minimum Gasteiger partial charge on any atom is -0.457 e. The second-order valence-corrected chi connectivity index (χ2v) is 6.51. The van der Waals surface area contributed by atoms with Crippen molar-refractivity contribution in [3.63, 3.8) is 0 Å². The lowest BCUT2D eigenvalue weighted by Crippen LogP contribution is -2.12. The number of hydrogen-bond acceptors (Lipinski definition) is 2. The minimum atomic E-state index is -0.0145. The van der Waals surface area contributed by atoms with Gasteiger partial charge in [-0.15, -0.1) is 0 Å². The van der Waals surface area contributed by atoms with E-state index < -0.39 is 0 Å². The molecule has 0 saturated carbocycles. The average molecular weight is 300 g/mol. The first kappa shape index (κ1) is 15.4. The topological polar surface area (TPSA) is 33.0 Å². The van der Waals surface area contributed by atoms with Gasteiger partial charge in [-0.1, -0.05) is 44.5 Å². The van der Waals surface area contributed by atoms with Crippen molar-refractivity contribution in [3.8, 4) is 17.6 Å². The van der Waals surface area contributed by atoms with Gasteiger partial charge >= 0.3 is 0 Å². The van der Waals surface area contributed by atoms with Crippen LogP contribution in [0.15, 0.2) is 36.4 Å². The molecule has 108 valence electrons. The van der Waals surface area contributed by atoms with Crippen molar-refractivity contribution < 1.29 is 4.74 Å². The highest BCUT2D eigenvalue weighted by molar-refractivity contribution is 6.31. The highest BCUT2D eigenvalue weighted by Gasteiger charge is 2.19. The minimum absolute atomic E-state index is 0.0145. The quantitative estimate of drug-likeness (QED) is 0.722. The van der Waals surface area contributed by atoms with Crippen molar-refractivity contribution in [3.05, 3.63) is 58.1 Å². The molecule has 0 N–H and O–H groups in total. The molecule has 2 rings (SSSR count). The first-order valence-electron chi connectivity index (χ1n) is 6.80. The molecular formula is C18H18ClNO. The Morgan fingerprint density at radius 1 is 1.10 bits per heavy atom. The molecule has 0 amide bonds. The van der Waals surface area contributed by atoms with Crippen LogP contribution in [0.25, 0.3) is 0 Å². The summed E-state index contributed by atoms with van der Waals surface area (Å²) in [5.74, 6) is 1.46. The monoisotopic (exact) mass is 299 g/mol. The fourth-order valence-electron chi connectivity index (χ4n) is 2.11. The number of halogens is 1. The highest BCUT2D eigenvalue weighted by Crippen LogP contribution is 2.35. The Morgan fingerprint density at radius 3 is 2.38 bits per heavy atom. The van der Waals surface area contributed by atoms with Crippen molar-refractivity contribution in [2.45, 2.75) is 33.1 Å². The van der Waals surface area contributed by atoms with E-state index in [1.807, 2.05) is 19.1 Å². The molecule has 3 heteroatoms. The third kappa shape index (κ3) is 3.56. The van der Waals surface area contributed by atoms with Crippen LogP contribution in [0.4, 0.5) is 0 Å². The van der Waals surface area contributed by atoms with E-state index in [-0.39, 0.29) is 5.41 Å². The second-order valence-electron chi connectivity index (χ2n) is 6.11. The number of aryl methyl sites for hydroxylation is 1. The molecule has 0 bridgehead atoms. The van der Waals surface area contributed by atoms with Gasteiger partial charge in [-0.25, -0.2) is 0 Å². The standard InChI is InChI=1S/C18H18ClNO/c1-12-5-8-15(18(2,3)4)17(9-12)21-14-7-6-13(11-20)16(19)10-14/h5-10H,1-4H3. The molecule has 2 aromatic carbocycles. The molecule has 0 aliphatic heterocycles. The molecule has 0 fully saturated rings. The molecule has 0 radical (unpaired) electrons. The SMILES string of the molecule is Cc1ccc(C(C)(C)C)c(Oc2ccc(C#N)c(Cl)c2)c1. The number of ether oxygens (including phenoxy) is 1. The molecule has 2 aromatic rings. The van der Waals surface area contributed by atoms with Crippen molar-refractivity contribution in [2.75, 3.05) is 0 Å². The largest absolute Gasteiger partial charge is 0.457 e. The molecular weight excluding hydrogens is 282 g/mol. The smallest absolute Gasteiger partial charge is 0.131 e. The number of hydrogen-bond donors (Lipinski definition) is 0. The maximum atomic E-state index is 8.91. The van der Waals surface area contributed by atoms with Crippen LogP contribution >= 0.6 is 11.6 Å². The maximum Gasteiger partial charge on any atom is 0.131 e. The van der Waals surface area contributed by atoms with E-state index in [9.17, 15) is 0 Å². The molecule has 2 nitrogen and oxygen atoms in total. The third-order valence-electron chi connectivity index (χ3n) is 3.23. The Labute approximate surface area is 130 Å². The van der Waals surface area contributed by atoms with Crippen molar-refractivity contribution >= 4 is 11.6 Å². The van der Waals surface area contributed by atoms with Crippen LogP contribution in [-0.4, -0.2) is 0 Å². The van der Waals surface area contributed by atoms with Crippen molar-refractivity contribution in [2.24, 2.45) is 0 Å². The van der Waals surface area contributed by atoms with Crippen molar-refractivity contribution in [1.29, 1.82) is 5.26 Å². The lowest BCUT2D eigenvalue weighted by Gasteiger charge is -2.23. The van der Waals surface area contributed by atoms with Gasteiger partial charge in [0.1, 0.15) is 17.6 Å². The van der Waals surface area contributed by atoms with Gasteiger partial charge in [0.05, 0.1) is 10.6 Å². The number of nitriles is 1. The number of rotatable bonds is 2. The van der Waals surface area contributed by atoms with Crippen LogP contribution in [0.5, 0.6) is 11.5 Å². The molecule has 0 saturated heterocycles. The Hall–Kier alpha value is -1.98. The zero-order valence-corrected chi connectivity index (χ0v) is 13.5. The van der Waals surface area contributed by atoms with Gasteiger partial charge in [-0.05, 0) is 36.1 Å². The Bertz CT molecular complexity index is 708. The lowest BCUT2D eigenvalue weighted by molar-refractivity contribution is 0.455. The van der Waals surface area contributed by atoms with Gasteiger partial charge in [-0.2, -0.15) is 5.26 Å². The molecule has 0 aliphatic carbocycles. The number of benzene rings is 2. The van der Waals surface area contributed by atoms with Crippen LogP contribution in [0.1, 0.15) is 37.5 Å². The fourth-order valence-corrected chi connectivity index (χ4v) is 2.32. The molecule has 0 aromatic heterocycles. The van der Waals surface area contributed by atoms with Gasteiger partial charge in [-0.3, -0.25) is 0 Å². The Kier molecular flexibility index (Phi) is 4.25. The highest BCUT2D eigenvalue weighted by atomic mass is 35.5. The van der Waals surface area contributed by atoms with Crippen LogP contribution in [-0.2, 0) is 5.41 Å². The van der Waals surface area contributed by atoms with Crippen LogP contribution in [0.3, 0.4) is 0 Å². The summed E-state index contributed by atoms with van der Waals surface area (Å²) in [6.07, 6.45) is 0. The number of nitrogens with zero attached hydrogens (tertiary/aromatic N) is 1. The van der Waals surface area contributed by atoms with Crippen LogP contribution in [0.2, 0.25) is 5.02 Å². The molecule has 0 unspecified atom stereocenters. The van der Waals surface area contributed by atoms with Crippen LogP contribution < -0.4 is 4.74 Å². The van der Waals surface area contributed by atoms with Gasteiger partial charge in [0, 0.05) is 11.6 Å². The summed E-state index contributed by atoms with van der Waals surface area (Å²) in [6, 6.07) is 13.3. The summed E-state index contributed by atoms with van der Waals surface area (Å²) >= 11 is 6.05. The zero-order chi connectivity index (χ0) is 15.6.